The van der Waals surface area contributed by atoms with Crippen LogP contribution in [0.5, 0.6) is 11.5 Å². The van der Waals surface area contributed by atoms with Crippen LogP contribution >= 0.6 is 0 Å². The zero-order valence-electron chi connectivity index (χ0n) is 28.1. The van der Waals surface area contributed by atoms with Crippen LogP contribution in [0.2, 0.25) is 0 Å². The summed E-state index contributed by atoms with van der Waals surface area (Å²) in [6.45, 7) is 0. The molecule has 2 aliphatic rings. The van der Waals surface area contributed by atoms with Crippen LogP contribution in [0.25, 0.3) is 55.3 Å². The van der Waals surface area contributed by atoms with Gasteiger partial charge in [-0.2, -0.15) is 0 Å². The summed E-state index contributed by atoms with van der Waals surface area (Å²) < 4.78 is 12.8. The van der Waals surface area contributed by atoms with Crippen LogP contribution in [0.15, 0.2) is 186 Å². The number of hydrogen-bond donors (Lipinski definition) is 1. The van der Waals surface area contributed by atoms with E-state index in [1.165, 1.54) is 38.9 Å². The number of ether oxygens (including phenoxy) is 1. The molecule has 0 amide bonds. The molecule has 244 valence electrons. The first-order valence-corrected chi connectivity index (χ1v) is 17.8. The maximum absolute atomic E-state index is 6.69. The van der Waals surface area contributed by atoms with Gasteiger partial charge in [0.05, 0.1) is 5.41 Å². The molecule has 1 spiro atoms. The van der Waals surface area contributed by atoms with Crippen molar-refractivity contribution in [2.24, 2.45) is 0 Å². The van der Waals surface area contributed by atoms with E-state index in [1.807, 2.05) is 18.2 Å². The molecule has 1 aliphatic carbocycles. The Labute approximate surface area is 301 Å². The van der Waals surface area contributed by atoms with Crippen LogP contribution in [0, 0.1) is 0 Å². The Morgan fingerprint density at radius 3 is 1.73 bits per heavy atom. The van der Waals surface area contributed by atoms with Crippen molar-refractivity contribution in [1.82, 2.24) is 0 Å². The molecule has 0 unspecified atom stereocenters. The van der Waals surface area contributed by atoms with Gasteiger partial charge in [-0.25, -0.2) is 0 Å². The van der Waals surface area contributed by atoms with Crippen molar-refractivity contribution >= 4 is 33.3 Å². The quantitative estimate of drug-likeness (QED) is 0.203. The molecule has 9 aromatic rings. The van der Waals surface area contributed by atoms with Crippen molar-refractivity contribution in [2.45, 2.75) is 5.41 Å². The van der Waals surface area contributed by atoms with E-state index in [4.69, 9.17) is 9.15 Å². The van der Waals surface area contributed by atoms with Crippen molar-refractivity contribution in [3.05, 3.63) is 204 Å². The molecule has 0 atom stereocenters. The Bertz CT molecular complexity index is 2800. The van der Waals surface area contributed by atoms with Crippen molar-refractivity contribution in [2.75, 3.05) is 5.32 Å². The lowest BCUT2D eigenvalue weighted by Crippen LogP contribution is -2.33. The molecule has 8 aromatic carbocycles. The van der Waals surface area contributed by atoms with E-state index in [9.17, 15) is 0 Å². The van der Waals surface area contributed by atoms with E-state index in [0.29, 0.717) is 0 Å². The van der Waals surface area contributed by atoms with E-state index >= 15 is 0 Å². The Morgan fingerprint density at radius 1 is 0.404 bits per heavy atom. The zero-order chi connectivity index (χ0) is 34.2. The van der Waals surface area contributed by atoms with Crippen LogP contribution in [-0.2, 0) is 5.41 Å². The van der Waals surface area contributed by atoms with Gasteiger partial charge in [-0.3, -0.25) is 0 Å². The predicted molar refractivity (Wildman–Crippen MR) is 212 cm³/mol. The van der Waals surface area contributed by atoms with Crippen molar-refractivity contribution in [3.8, 4) is 44.9 Å². The Hall–Kier alpha value is -6.84. The van der Waals surface area contributed by atoms with Gasteiger partial charge in [0.15, 0.2) is 0 Å². The lowest BCUT2D eigenvalue weighted by molar-refractivity contribution is 0.437. The number of benzene rings is 8. The molecule has 3 heteroatoms. The molecule has 0 bridgehead atoms. The maximum atomic E-state index is 6.69. The van der Waals surface area contributed by atoms with E-state index in [-0.39, 0.29) is 0 Å². The van der Waals surface area contributed by atoms with Gasteiger partial charge in [-0.15, -0.1) is 0 Å². The summed E-state index contributed by atoms with van der Waals surface area (Å²) in [5, 5.41) is 6.12. The third-order valence-corrected chi connectivity index (χ3v) is 11.0. The Morgan fingerprint density at radius 2 is 0.962 bits per heavy atom. The summed E-state index contributed by atoms with van der Waals surface area (Å²) in [6, 6.07) is 64.7. The van der Waals surface area contributed by atoms with Crippen molar-refractivity contribution < 1.29 is 9.15 Å². The second-order valence-corrected chi connectivity index (χ2v) is 13.7. The van der Waals surface area contributed by atoms with E-state index in [1.54, 1.807) is 0 Å². The standard InChI is InChI=1S/C49H31NO2/c1-4-15-39-36(11-1)37-12-2-5-16-40(37)49(39)41-17-6-8-20-44(41)52-46-22-10-18-42(48(46)49)50-34-29-27-32(28-30-34)31-23-25-33(26-24-31)35-14-9-21-45-47(35)38-13-3-7-19-43(38)51-45/h1-30,50H. The largest absolute Gasteiger partial charge is 0.457 e. The van der Waals surface area contributed by atoms with Gasteiger partial charge >= 0.3 is 0 Å². The highest BCUT2D eigenvalue weighted by atomic mass is 16.5. The maximum Gasteiger partial charge on any atom is 0.136 e. The molecule has 3 nitrogen and oxygen atoms in total. The van der Waals surface area contributed by atoms with Gasteiger partial charge in [0.1, 0.15) is 22.7 Å². The molecule has 1 N–H and O–H groups in total. The van der Waals surface area contributed by atoms with Gasteiger partial charge in [0.2, 0.25) is 0 Å². The van der Waals surface area contributed by atoms with Gasteiger partial charge in [-0.1, -0.05) is 140 Å². The van der Waals surface area contributed by atoms with E-state index in [0.717, 1.165) is 61.5 Å². The van der Waals surface area contributed by atoms with Crippen molar-refractivity contribution in [1.29, 1.82) is 0 Å². The predicted octanol–water partition coefficient (Wildman–Crippen LogP) is 13.1. The minimum atomic E-state index is -0.532. The average Bonchev–Trinajstić information content (AvgIpc) is 3.73. The lowest BCUT2D eigenvalue weighted by Gasteiger charge is -2.40. The summed E-state index contributed by atoms with van der Waals surface area (Å²) >= 11 is 0. The Balaban J connectivity index is 0.968. The first-order chi connectivity index (χ1) is 25.8. The molecule has 52 heavy (non-hydrogen) atoms. The summed E-state index contributed by atoms with van der Waals surface area (Å²) in [5.41, 5.74) is 15.4. The number of anilines is 2. The van der Waals surface area contributed by atoms with Gasteiger partial charge in [0, 0.05) is 33.3 Å². The normalized spacial score (nSPS) is 13.3. The highest BCUT2D eigenvalue weighted by Crippen LogP contribution is 2.63. The fourth-order valence-electron chi connectivity index (χ4n) is 8.78. The number of furan rings is 1. The molecule has 1 aromatic heterocycles. The molecule has 0 radical (unpaired) electrons. The minimum absolute atomic E-state index is 0.532. The van der Waals surface area contributed by atoms with Crippen LogP contribution in [0.1, 0.15) is 22.3 Å². The summed E-state index contributed by atoms with van der Waals surface area (Å²) in [4.78, 5) is 0. The minimum Gasteiger partial charge on any atom is -0.457 e. The molecule has 0 saturated carbocycles. The monoisotopic (exact) mass is 665 g/mol. The second-order valence-electron chi connectivity index (χ2n) is 13.7. The first kappa shape index (κ1) is 28.9. The smallest absolute Gasteiger partial charge is 0.136 e. The highest BCUT2D eigenvalue weighted by Gasteiger charge is 2.52. The highest BCUT2D eigenvalue weighted by molar-refractivity contribution is 6.12. The number of hydrogen-bond acceptors (Lipinski definition) is 3. The van der Waals surface area contributed by atoms with Crippen LogP contribution in [-0.4, -0.2) is 0 Å². The third kappa shape index (κ3) is 4.08. The molecular weight excluding hydrogens is 635 g/mol. The lowest BCUT2D eigenvalue weighted by atomic mass is 9.65. The Kier molecular flexibility index (Phi) is 6.17. The summed E-state index contributed by atoms with van der Waals surface area (Å²) in [6.07, 6.45) is 0. The SMILES string of the molecule is c1ccc2c(c1)Oc1cccc(Nc3ccc(-c4ccc(-c5cccc6oc7ccccc7c56)cc4)cc3)c1C21c2ccccc2-c2ccccc21. The number of nitrogens with one attached hydrogen (secondary N) is 1. The van der Waals surface area contributed by atoms with Gasteiger partial charge in [-0.05, 0) is 87.0 Å². The average molecular weight is 666 g/mol. The summed E-state index contributed by atoms with van der Waals surface area (Å²) in [5.74, 6) is 1.76. The fraction of sp³-hybridized carbons (Fsp3) is 0.0204. The van der Waals surface area contributed by atoms with Gasteiger partial charge < -0.3 is 14.5 Å². The topological polar surface area (TPSA) is 34.4 Å². The molecule has 11 rings (SSSR count). The number of rotatable bonds is 4. The zero-order valence-corrected chi connectivity index (χ0v) is 28.1. The van der Waals surface area contributed by atoms with Crippen LogP contribution in [0.4, 0.5) is 11.4 Å². The van der Waals surface area contributed by atoms with E-state index in [2.05, 4.69) is 169 Å². The molecule has 2 heterocycles. The van der Waals surface area contributed by atoms with Crippen LogP contribution in [0.3, 0.4) is 0 Å². The van der Waals surface area contributed by atoms with Gasteiger partial charge in [0.25, 0.3) is 0 Å². The molecule has 1 aliphatic heterocycles. The summed E-state index contributed by atoms with van der Waals surface area (Å²) in [7, 11) is 0. The van der Waals surface area contributed by atoms with Crippen LogP contribution < -0.4 is 10.1 Å². The number of fused-ring (bicyclic) bond motifs is 12. The molecular formula is C49H31NO2. The second kappa shape index (κ2) is 11.1. The third-order valence-electron chi connectivity index (χ3n) is 11.0. The van der Waals surface area contributed by atoms with E-state index < -0.39 is 5.41 Å². The van der Waals surface area contributed by atoms with Crippen molar-refractivity contribution in [3.63, 3.8) is 0 Å². The molecule has 0 fully saturated rings. The number of para-hydroxylation sites is 2. The first-order valence-electron chi connectivity index (χ1n) is 17.8. The fourth-order valence-corrected chi connectivity index (χ4v) is 8.78. The molecule has 0 saturated heterocycles.